The molecule has 3 rings (SSSR count). The largest absolute Gasteiger partial charge is 0.481 e. The summed E-state index contributed by atoms with van der Waals surface area (Å²) in [4.78, 5) is 20.8. The summed E-state index contributed by atoms with van der Waals surface area (Å²) in [6.45, 7) is 5.90. The van der Waals surface area contributed by atoms with Gasteiger partial charge in [-0.2, -0.15) is 0 Å². The van der Waals surface area contributed by atoms with Gasteiger partial charge in [0.1, 0.15) is 5.82 Å². The van der Waals surface area contributed by atoms with Gasteiger partial charge in [0.15, 0.2) is 11.6 Å². The highest BCUT2D eigenvalue weighted by atomic mass is 127. The summed E-state index contributed by atoms with van der Waals surface area (Å²) < 4.78 is 20.3. The van der Waals surface area contributed by atoms with Gasteiger partial charge in [0.25, 0.3) is 5.91 Å². The third-order valence-electron chi connectivity index (χ3n) is 5.53. The molecule has 2 aromatic heterocycles. The molecule has 36 heavy (non-hydrogen) atoms. The van der Waals surface area contributed by atoms with Gasteiger partial charge in [0, 0.05) is 23.5 Å². The Hall–Kier alpha value is -2.26. The van der Waals surface area contributed by atoms with Gasteiger partial charge < -0.3 is 26.8 Å². The van der Waals surface area contributed by atoms with Crippen molar-refractivity contribution < 1.29 is 13.9 Å². The first kappa shape index (κ1) is 28.3. The number of nitrogens with zero attached hydrogens (tertiary/aromatic N) is 2. The van der Waals surface area contributed by atoms with Gasteiger partial charge in [-0.1, -0.05) is 76.4 Å². The lowest BCUT2D eigenvalue weighted by atomic mass is 9.99. The molecule has 1 amide bonds. The highest BCUT2D eigenvalue weighted by Crippen LogP contribution is 2.39. The van der Waals surface area contributed by atoms with Crippen LogP contribution >= 0.6 is 45.2 Å². The minimum atomic E-state index is -0.813. The van der Waals surface area contributed by atoms with Crippen molar-refractivity contribution >= 4 is 68.4 Å². The minimum Gasteiger partial charge on any atom is -0.481 e. The van der Waals surface area contributed by atoms with Gasteiger partial charge in [0.05, 0.1) is 20.1 Å². The number of ether oxygens (including phenoxy) is 1. The first-order chi connectivity index (χ1) is 16.9. The molecule has 0 spiro atoms. The molecule has 2 atom stereocenters. The summed E-state index contributed by atoms with van der Waals surface area (Å²) in [5, 5.41) is 6.18. The summed E-state index contributed by atoms with van der Waals surface area (Å²) in [5.41, 5.74) is 15.1. The normalized spacial score (nSPS) is 13.1. The van der Waals surface area contributed by atoms with E-state index < -0.39 is 17.8 Å². The Morgan fingerprint density at radius 2 is 1.83 bits per heavy atom. The maximum atomic E-state index is 15.1. The molecule has 6 N–H and O–H groups in total. The maximum Gasteiger partial charge on any atom is 0.252 e. The third kappa shape index (κ3) is 6.94. The van der Waals surface area contributed by atoms with Crippen molar-refractivity contribution in [1.82, 2.24) is 9.97 Å². The number of pyridine rings is 2. The number of benzene rings is 1. The van der Waals surface area contributed by atoms with Gasteiger partial charge in [-0.05, 0) is 43.5 Å². The number of nitrogens with two attached hydrogens (primary N) is 2. The SMILES string of the molecule is CCc1cc(Nc2nc(N[C@H](c3ccc(C(C)(I)I)cc3)[C@H](C)N)c(F)cc2C(N)=O)cc(OC)n1. The van der Waals surface area contributed by atoms with Crippen LogP contribution in [0.15, 0.2) is 42.5 Å². The Bertz CT molecular complexity index is 1210. The summed E-state index contributed by atoms with van der Waals surface area (Å²) in [7, 11) is 1.51. The number of aromatic nitrogens is 2. The summed E-state index contributed by atoms with van der Waals surface area (Å²) in [6.07, 6.45) is 0.668. The van der Waals surface area contributed by atoms with Crippen LogP contribution in [0.4, 0.5) is 21.7 Å². The van der Waals surface area contributed by atoms with Crippen LogP contribution in [-0.4, -0.2) is 29.0 Å². The van der Waals surface area contributed by atoms with E-state index in [1.807, 2.05) is 38.1 Å². The fourth-order valence-electron chi connectivity index (χ4n) is 3.58. The molecule has 3 aromatic rings. The van der Waals surface area contributed by atoms with E-state index in [-0.39, 0.29) is 24.7 Å². The first-order valence-corrected chi connectivity index (χ1v) is 13.4. The molecule has 192 valence electrons. The molecule has 2 heterocycles. The summed E-state index contributed by atoms with van der Waals surface area (Å²) in [6, 6.07) is 11.7. The zero-order valence-electron chi connectivity index (χ0n) is 20.4. The lowest BCUT2D eigenvalue weighted by molar-refractivity contribution is 0.100. The Labute approximate surface area is 237 Å². The number of anilines is 3. The molecule has 0 saturated carbocycles. The van der Waals surface area contributed by atoms with Gasteiger partial charge in [-0.3, -0.25) is 4.79 Å². The van der Waals surface area contributed by atoms with Crippen LogP contribution in [0, 0.1) is 5.82 Å². The van der Waals surface area contributed by atoms with Gasteiger partial charge in [-0.25, -0.2) is 14.4 Å². The molecule has 0 aliphatic heterocycles. The number of primary amides is 1. The number of rotatable bonds is 10. The molecule has 1 aromatic carbocycles. The van der Waals surface area contributed by atoms with Crippen molar-refractivity contribution in [2.75, 3.05) is 17.7 Å². The van der Waals surface area contributed by atoms with Crippen molar-refractivity contribution in [3.8, 4) is 5.88 Å². The average molecular weight is 718 g/mol. The number of methoxy groups -OCH3 is 1. The van der Waals surface area contributed by atoms with E-state index in [1.54, 1.807) is 12.1 Å². The monoisotopic (exact) mass is 718 g/mol. The number of carbonyl (C=O) groups excluding carboxylic acids is 1. The highest BCUT2D eigenvalue weighted by Gasteiger charge is 2.23. The topological polar surface area (TPSA) is 128 Å². The van der Waals surface area contributed by atoms with E-state index in [0.717, 1.165) is 22.9 Å². The van der Waals surface area contributed by atoms with E-state index in [1.165, 1.54) is 7.11 Å². The second kappa shape index (κ2) is 11.9. The first-order valence-electron chi connectivity index (χ1n) is 11.3. The molecule has 0 aliphatic carbocycles. The van der Waals surface area contributed by atoms with E-state index >= 15 is 4.39 Å². The van der Waals surface area contributed by atoms with Crippen LogP contribution in [0.2, 0.25) is 0 Å². The number of halogens is 3. The van der Waals surface area contributed by atoms with Gasteiger partial charge in [-0.15, -0.1) is 0 Å². The predicted molar refractivity (Wildman–Crippen MR) is 158 cm³/mol. The molecule has 0 aliphatic rings. The number of carbonyl (C=O) groups is 1. The fourth-order valence-corrected chi connectivity index (χ4v) is 4.30. The van der Waals surface area contributed by atoms with Crippen LogP contribution < -0.4 is 26.8 Å². The third-order valence-corrected chi connectivity index (χ3v) is 6.77. The van der Waals surface area contributed by atoms with E-state index in [4.69, 9.17) is 16.2 Å². The van der Waals surface area contributed by atoms with Gasteiger partial charge in [0.2, 0.25) is 5.88 Å². The number of nitrogens with one attached hydrogen (secondary N) is 2. The summed E-state index contributed by atoms with van der Waals surface area (Å²) in [5.74, 6) is -1.09. The number of hydrogen-bond acceptors (Lipinski definition) is 7. The van der Waals surface area contributed by atoms with Crippen LogP contribution in [-0.2, 0) is 7.85 Å². The maximum absolute atomic E-state index is 15.1. The van der Waals surface area contributed by atoms with Crippen molar-refractivity contribution in [1.29, 1.82) is 0 Å². The Kier molecular flexibility index (Phi) is 9.33. The van der Waals surface area contributed by atoms with Crippen LogP contribution in [0.25, 0.3) is 0 Å². The van der Waals surface area contributed by atoms with Gasteiger partial charge >= 0.3 is 0 Å². The lowest BCUT2D eigenvalue weighted by Gasteiger charge is -2.25. The number of alkyl halides is 2. The molecule has 0 bridgehead atoms. The molecule has 8 nitrogen and oxygen atoms in total. The predicted octanol–water partition coefficient (Wildman–Crippen LogP) is 5.57. The number of hydrogen-bond donors (Lipinski definition) is 4. The quantitative estimate of drug-likeness (QED) is 0.160. The fraction of sp³-hybridized carbons (Fsp3) is 0.320. The highest BCUT2D eigenvalue weighted by molar-refractivity contribution is 14.2. The molecule has 0 fully saturated rings. The number of aryl methyl sites for hydroxylation is 1. The van der Waals surface area contributed by atoms with E-state index in [2.05, 4.69) is 72.7 Å². The van der Waals surface area contributed by atoms with Crippen molar-refractivity contribution in [3.63, 3.8) is 0 Å². The second-order valence-electron chi connectivity index (χ2n) is 8.44. The Balaban J connectivity index is 2.00. The van der Waals surface area contributed by atoms with Crippen LogP contribution in [0.5, 0.6) is 5.88 Å². The lowest BCUT2D eigenvalue weighted by Crippen LogP contribution is -2.31. The molecule has 11 heteroatoms. The Morgan fingerprint density at radius 1 is 1.17 bits per heavy atom. The Morgan fingerprint density at radius 3 is 2.36 bits per heavy atom. The average Bonchev–Trinajstić information content (AvgIpc) is 2.82. The second-order valence-corrected chi connectivity index (χ2v) is 14.8. The minimum absolute atomic E-state index is 0.0572. The summed E-state index contributed by atoms with van der Waals surface area (Å²) >= 11 is 4.74. The zero-order chi connectivity index (χ0) is 26.6. The molecule has 0 radical (unpaired) electrons. The molecular weight excluding hydrogens is 689 g/mol. The molecule has 0 saturated heterocycles. The van der Waals surface area contributed by atoms with E-state index in [9.17, 15) is 4.79 Å². The molecule has 0 unspecified atom stereocenters. The number of amides is 1. The van der Waals surface area contributed by atoms with E-state index in [0.29, 0.717) is 18.0 Å². The van der Waals surface area contributed by atoms with Crippen molar-refractivity contribution in [3.05, 3.63) is 70.7 Å². The molecular formula is C25H29FI2N6O2. The zero-order valence-corrected chi connectivity index (χ0v) is 24.7. The van der Waals surface area contributed by atoms with Crippen molar-refractivity contribution in [2.24, 2.45) is 11.5 Å². The van der Waals surface area contributed by atoms with Crippen LogP contribution in [0.1, 0.15) is 54.0 Å². The standard InChI is InChI=1S/C25H29FI2N6O2/c1-5-16-10-17(11-20(31-16)36-4)32-23-18(22(30)35)12-19(26)24(34-23)33-21(13(2)29)14-6-8-15(9-7-14)25(3,27)28/h6-13,21H,5,29H2,1-4H3,(H2,30,35)(H2,31,32,33,34)/t13-,21-/m0/s1. The van der Waals surface area contributed by atoms with Crippen LogP contribution in [0.3, 0.4) is 0 Å². The smallest absolute Gasteiger partial charge is 0.252 e. The van der Waals surface area contributed by atoms with Crippen molar-refractivity contribution in [2.45, 2.75) is 40.7 Å².